The molecule has 0 radical (unpaired) electrons. The summed E-state index contributed by atoms with van der Waals surface area (Å²) in [7, 11) is -3.63. The lowest BCUT2D eigenvalue weighted by Gasteiger charge is -2.14. The number of halogens is 1. The van der Waals surface area contributed by atoms with Gasteiger partial charge in [-0.1, -0.05) is 48.0 Å². The van der Waals surface area contributed by atoms with Gasteiger partial charge in [0.15, 0.2) is 0 Å². The van der Waals surface area contributed by atoms with Crippen molar-refractivity contribution in [1.29, 1.82) is 0 Å². The molecule has 2 aromatic rings. The van der Waals surface area contributed by atoms with Crippen molar-refractivity contribution in [1.82, 2.24) is 4.72 Å². The van der Waals surface area contributed by atoms with E-state index in [4.69, 9.17) is 17.3 Å². The molecule has 21 heavy (non-hydrogen) atoms. The van der Waals surface area contributed by atoms with Crippen LogP contribution in [0.3, 0.4) is 0 Å². The lowest BCUT2D eigenvalue weighted by molar-refractivity contribution is 0.571. The normalized spacial score (nSPS) is 13.1. The highest BCUT2D eigenvalue weighted by Crippen LogP contribution is 2.22. The fourth-order valence-electron chi connectivity index (χ4n) is 1.97. The van der Waals surface area contributed by atoms with Gasteiger partial charge in [0.25, 0.3) is 0 Å². The molecular formula is C15H17ClN2O2S. The van der Waals surface area contributed by atoms with Crippen LogP contribution in [0.15, 0.2) is 53.4 Å². The van der Waals surface area contributed by atoms with E-state index >= 15 is 0 Å². The van der Waals surface area contributed by atoms with Gasteiger partial charge >= 0.3 is 0 Å². The Bertz CT molecular complexity index is 718. The Hall–Kier alpha value is -1.40. The molecule has 6 heteroatoms. The third-order valence-electron chi connectivity index (χ3n) is 3.23. The Morgan fingerprint density at radius 3 is 2.48 bits per heavy atom. The second-order valence-corrected chi connectivity index (χ2v) is 6.87. The molecule has 0 aliphatic rings. The maximum atomic E-state index is 12.3. The first-order valence-electron chi connectivity index (χ1n) is 6.47. The fraction of sp³-hybridized carbons (Fsp3) is 0.200. The largest absolute Gasteiger partial charge is 0.323 e. The molecule has 1 atom stereocenters. The van der Waals surface area contributed by atoms with Crippen molar-refractivity contribution in [3.05, 3.63) is 64.7 Å². The lowest BCUT2D eigenvalue weighted by atomic mass is 10.1. The SMILES string of the molecule is Cc1c(Cl)cccc1S(=O)(=O)NCC(N)c1ccccc1. The Labute approximate surface area is 130 Å². The molecule has 4 nitrogen and oxygen atoms in total. The smallest absolute Gasteiger partial charge is 0.240 e. The maximum absolute atomic E-state index is 12.3. The van der Waals surface area contributed by atoms with Gasteiger partial charge in [-0.15, -0.1) is 0 Å². The number of nitrogens with one attached hydrogen (secondary N) is 1. The molecule has 0 bridgehead atoms. The highest BCUT2D eigenvalue weighted by atomic mass is 35.5. The van der Waals surface area contributed by atoms with E-state index in [2.05, 4.69) is 4.72 Å². The minimum atomic E-state index is -3.63. The molecular weight excluding hydrogens is 308 g/mol. The lowest BCUT2D eigenvalue weighted by Crippen LogP contribution is -2.32. The Morgan fingerprint density at radius 2 is 1.81 bits per heavy atom. The minimum absolute atomic E-state index is 0.123. The van der Waals surface area contributed by atoms with Gasteiger partial charge in [0, 0.05) is 17.6 Å². The zero-order valence-corrected chi connectivity index (χ0v) is 13.2. The number of hydrogen-bond acceptors (Lipinski definition) is 3. The molecule has 0 saturated carbocycles. The van der Waals surface area contributed by atoms with Crippen LogP contribution in [-0.2, 0) is 10.0 Å². The van der Waals surface area contributed by atoms with Gasteiger partial charge in [0.1, 0.15) is 0 Å². The van der Waals surface area contributed by atoms with Crippen molar-refractivity contribution in [2.45, 2.75) is 17.9 Å². The predicted octanol–water partition coefficient (Wildman–Crippen LogP) is 2.63. The average molecular weight is 325 g/mol. The van der Waals surface area contributed by atoms with Crippen LogP contribution < -0.4 is 10.5 Å². The summed E-state index contributed by atoms with van der Waals surface area (Å²) in [5.74, 6) is 0. The van der Waals surface area contributed by atoms with Crippen molar-refractivity contribution in [3.63, 3.8) is 0 Å². The van der Waals surface area contributed by atoms with Gasteiger partial charge in [-0.25, -0.2) is 13.1 Å². The molecule has 2 aromatic carbocycles. The third-order valence-corrected chi connectivity index (χ3v) is 5.21. The molecule has 0 saturated heterocycles. The third kappa shape index (κ3) is 3.83. The highest BCUT2D eigenvalue weighted by Gasteiger charge is 2.19. The molecule has 0 spiro atoms. The van der Waals surface area contributed by atoms with Crippen molar-refractivity contribution in [2.75, 3.05) is 6.54 Å². The minimum Gasteiger partial charge on any atom is -0.323 e. The quantitative estimate of drug-likeness (QED) is 0.888. The second kappa shape index (κ2) is 6.58. The average Bonchev–Trinajstić information content (AvgIpc) is 2.48. The van der Waals surface area contributed by atoms with Crippen LogP contribution in [0.5, 0.6) is 0 Å². The molecule has 112 valence electrons. The molecule has 0 aliphatic heterocycles. The summed E-state index contributed by atoms with van der Waals surface area (Å²) in [5, 5.41) is 0.422. The van der Waals surface area contributed by atoms with Crippen LogP contribution in [0.2, 0.25) is 5.02 Å². The predicted molar refractivity (Wildman–Crippen MR) is 84.7 cm³/mol. The first kappa shape index (κ1) is 16.0. The summed E-state index contributed by atoms with van der Waals surface area (Å²) in [6, 6.07) is 13.7. The van der Waals surface area contributed by atoms with Crippen molar-refractivity contribution in [3.8, 4) is 0 Å². The van der Waals surface area contributed by atoms with Gasteiger partial charge < -0.3 is 5.73 Å². The summed E-state index contributed by atoms with van der Waals surface area (Å²) in [6.07, 6.45) is 0. The van der Waals surface area contributed by atoms with Crippen LogP contribution >= 0.6 is 11.6 Å². The van der Waals surface area contributed by atoms with Gasteiger partial charge in [0.05, 0.1) is 4.90 Å². The summed E-state index contributed by atoms with van der Waals surface area (Å²) >= 11 is 5.96. The maximum Gasteiger partial charge on any atom is 0.240 e. The standard InChI is InChI=1S/C15H17ClN2O2S/c1-11-13(16)8-5-9-15(11)21(19,20)18-10-14(17)12-6-3-2-4-7-12/h2-9,14,18H,10,17H2,1H3. The molecule has 3 N–H and O–H groups in total. The van der Waals surface area contributed by atoms with Crippen LogP contribution in [0.4, 0.5) is 0 Å². The van der Waals surface area contributed by atoms with E-state index in [0.29, 0.717) is 10.6 Å². The van der Waals surface area contributed by atoms with Gasteiger partial charge in [-0.05, 0) is 30.2 Å². The summed E-state index contributed by atoms with van der Waals surface area (Å²) in [4.78, 5) is 0.176. The Kier molecular flexibility index (Phi) is 5.00. The summed E-state index contributed by atoms with van der Waals surface area (Å²) < 4.78 is 27.2. The monoisotopic (exact) mass is 324 g/mol. The molecule has 0 amide bonds. The van der Waals surface area contributed by atoms with Crippen LogP contribution in [0.1, 0.15) is 17.2 Å². The molecule has 2 rings (SSSR count). The topological polar surface area (TPSA) is 72.2 Å². The van der Waals surface area contributed by atoms with Gasteiger partial charge in [-0.2, -0.15) is 0 Å². The zero-order chi connectivity index (χ0) is 15.5. The van der Waals surface area contributed by atoms with Crippen molar-refractivity contribution >= 4 is 21.6 Å². The second-order valence-electron chi connectivity index (χ2n) is 4.73. The van der Waals surface area contributed by atoms with E-state index in [0.717, 1.165) is 5.56 Å². The summed E-state index contributed by atoms with van der Waals surface area (Å²) in [6.45, 7) is 1.80. The first-order chi connectivity index (χ1) is 9.92. The number of hydrogen-bond donors (Lipinski definition) is 2. The zero-order valence-electron chi connectivity index (χ0n) is 11.6. The highest BCUT2D eigenvalue weighted by molar-refractivity contribution is 7.89. The van der Waals surface area contributed by atoms with E-state index in [-0.39, 0.29) is 11.4 Å². The molecule has 0 heterocycles. The molecule has 1 unspecified atom stereocenters. The van der Waals surface area contributed by atoms with E-state index in [9.17, 15) is 8.42 Å². The van der Waals surface area contributed by atoms with Crippen LogP contribution in [0.25, 0.3) is 0 Å². The van der Waals surface area contributed by atoms with Crippen molar-refractivity contribution in [2.24, 2.45) is 5.73 Å². The van der Waals surface area contributed by atoms with Crippen LogP contribution in [-0.4, -0.2) is 15.0 Å². The van der Waals surface area contributed by atoms with E-state index in [1.165, 1.54) is 6.07 Å². The van der Waals surface area contributed by atoms with E-state index in [1.54, 1.807) is 19.1 Å². The first-order valence-corrected chi connectivity index (χ1v) is 8.33. The van der Waals surface area contributed by atoms with Crippen LogP contribution in [0, 0.1) is 6.92 Å². The van der Waals surface area contributed by atoms with Gasteiger partial charge in [-0.3, -0.25) is 0 Å². The number of rotatable bonds is 5. The van der Waals surface area contributed by atoms with E-state index < -0.39 is 16.1 Å². The number of sulfonamides is 1. The van der Waals surface area contributed by atoms with Gasteiger partial charge in [0.2, 0.25) is 10.0 Å². The number of benzene rings is 2. The molecule has 0 fully saturated rings. The van der Waals surface area contributed by atoms with E-state index in [1.807, 2.05) is 30.3 Å². The number of nitrogens with two attached hydrogens (primary N) is 1. The Balaban J connectivity index is 2.14. The molecule has 0 aromatic heterocycles. The van der Waals surface area contributed by atoms with Crippen molar-refractivity contribution < 1.29 is 8.42 Å². The summed E-state index contributed by atoms with van der Waals surface area (Å²) in [5.41, 5.74) is 7.40. The molecule has 0 aliphatic carbocycles. The Morgan fingerprint density at radius 1 is 1.14 bits per heavy atom. The fourth-order valence-corrected chi connectivity index (χ4v) is 3.53.